The molecule has 0 fully saturated rings. The molecule has 0 aromatic carbocycles. The first-order valence-electron chi connectivity index (χ1n) is 2.72. The lowest BCUT2D eigenvalue weighted by Crippen LogP contribution is -1.88. The molecule has 0 aliphatic rings. The maximum atomic E-state index is 6.50. The van der Waals surface area contributed by atoms with Gasteiger partial charge in [-0.15, -0.1) is 0 Å². The first-order valence-corrected chi connectivity index (χ1v) is 2.72. The maximum Gasteiger partial charge on any atom is 0.0530 e. The fourth-order valence-corrected chi connectivity index (χ4v) is 0.476. The van der Waals surface area contributed by atoms with Crippen molar-refractivity contribution in [2.45, 2.75) is 6.92 Å². The summed E-state index contributed by atoms with van der Waals surface area (Å²) < 4.78 is 0. The number of nitriles is 1. The zero-order valence-corrected chi connectivity index (χ0v) is 5.78. The highest BCUT2D eigenvalue weighted by Crippen LogP contribution is 2.04. The van der Waals surface area contributed by atoms with Crippen LogP contribution in [-0.4, -0.2) is 4.98 Å². The van der Waals surface area contributed by atoms with Crippen molar-refractivity contribution < 1.29 is 0 Å². The second-order valence-corrected chi connectivity index (χ2v) is 1.73. The Labute approximate surface area is 60.1 Å². The van der Waals surface area contributed by atoms with Crippen LogP contribution in [0.5, 0.6) is 0 Å². The molecule has 1 aromatic heterocycles. The van der Waals surface area contributed by atoms with E-state index in [-0.39, 0.29) is 0 Å². The van der Waals surface area contributed by atoms with Gasteiger partial charge in [-0.05, 0) is 18.6 Å². The smallest absolute Gasteiger partial charge is 0.0530 e. The van der Waals surface area contributed by atoms with Gasteiger partial charge in [0.2, 0.25) is 0 Å². The van der Waals surface area contributed by atoms with Gasteiger partial charge in [0.25, 0.3) is 0 Å². The van der Waals surface area contributed by atoms with Gasteiger partial charge in [-0.2, -0.15) is 0 Å². The van der Waals surface area contributed by atoms with Gasteiger partial charge < -0.3 is 5.73 Å². The predicted octanol–water partition coefficient (Wildman–Crippen LogP) is 1.11. The van der Waals surface area contributed by atoms with Crippen molar-refractivity contribution in [3.05, 3.63) is 24.0 Å². The molecule has 0 amide bonds. The molecular formula is C7H9N3. The summed E-state index contributed by atoms with van der Waals surface area (Å²) in [7, 11) is 0. The SMILES string of the molecule is C#N.Cc1ccncc1N. The Morgan fingerprint density at radius 1 is 1.60 bits per heavy atom. The lowest BCUT2D eigenvalue weighted by atomic mass is 10.3. The van der Waals surface area contributed by atoms with Crippen LogP contribution in [0.2, 0.25) is 0 Å². The second kappa shape index (κ2) is 4.33. The third-order valence-electron chi connectivity index (χ3n) is 1.08. The van der Waals surface area contributed by atoms with Crippen LogP contribution in [0.1, 0.15) is 5.56 Å². The highest BCUT2D eigenvalue weighted by molar-refractivity contribution is 5.42. The van der Waals surface area contributed by atoms with Crippen molar-refractivity contribution in [2.24, 2.45) is 0 Å². The van der Waals surface area contributed by atoms with E-state index in [0.29, 0.717) is 0 Å². The molecule has 1 rings (SSSR count). The summed E-state index contributed by atoms with van der Waals surface area (Å²) >= 11 is 0. The van der Waals surface area contributed by atoms with E-state index >= 15 is 0 Å². The molecule has 10 heavy (non-hydrogen) atoms. The molecule has 0 spiro atoms. The number of nitrogens with two attached hydrogens (primary N) is 1. The molecule has 52 valence electrons. The van der Waals surface area contributed by atoms with E-state index in [2.05, 4.69) is 11.6 Å². The quantitative estimate of drug-likeness (QED) is 0.579. The number of nitrogen functional groups attached to an aromatic ring is 1. The van der Waals surface area contributed by atoms with Gasteiger partial charge in [0.1, 0.15) is 0 Å². The monoisotopic (exact) mass is 135 g/mol. The van der Waals surface area contributed by atoms with Crippen LogP contribution in [-0.2, 0) is 0 Å². The van der Waals surface area contributed by atoms with Crippen LogP contribution in [0.4, 0.5) is 5.69 Å². The predicted molar refractivity (Wildman–Crippen MR) is 40.1 cm³/mol. The number of nitrogens with zero attached hydrogens (tertiary/aromatic N) is 2. The standard InChI is InChI=1S/C6H8N2.CHN/c1-5-2-3-8-4-6(5)7;1-2/h2-4H,7H2,1H3;1H. The fraction of sp³-hybridized carbons (Fsp3) is 0.143. The third kappa shape index (κ3) is 2.14. The number of aromatic nitrogens is 1. The highest BCUT2D eigenvalue weighted by atomic mass is 14.7. The molecule has 1 heterocycles. The summed E-state index contributed by atoms with van der Waals surface area (Å²) in [6.45, 7) is 5.46. The van der Waals surface area contributed by atoms with E-state index < -0.39 is 0 Å². The molecular weight excluding hydrogens is 126 g/mol. The van der Waals surface area contributed by atoms with Gasteiger partial charge in [0.05, 0.1) is 5.69 Å². The first-order chi connectivity index (χ1) is 4.80. The van der Waals surface area contributed by atoms with E-state index in [1.165, 1.54) is 0 Å². The van der Waals surface area contributed by atoms with Crippen LogP contribution in [0.15, 0.2) is 18.5 Å². The molecule has 0 bridgehead atoms. The zero-order chi connectivity index (χ0) is 7.98. The van der Waals surface area contributed by atoms with Crippen molar-refractivity contribution >= 4 is 5.69 Å². The first kappa shape index (κ1) is 8.44. The Kier molecular flexibility index (Phi) is 3.66. The fourth-order valence-electron chi connectivity index (χ4n) is 0.476. The van der Waals surface area contributed by atoms with Crippen molar-refractivity contribution in [2.75, 3.05) is 5.73 Å². The molecule has 0 radical (unpaired) electrons. The normalized spacial score (nSPS) is 7.50. The zero-order valence-electron chi connectivity index (χ0n) is 5.78. The molecule has 2 N–H and O–H groups in total. The van der Waals surface area contributed by atoms with Crippen LogP contribution in [0, 0.1) is 18.8 Å². The largest absolute Gasteiger partial charge is 0.397 e. The Morgan fingerprint density at radius 3 is 2.50 bits per heavy atom. The van der Waals surface area contributed by atoms with Crippen LogP contribution >= 0.6 is 0 Å². The molecule has 3 nitrogen and oxygen atoms in total. The van der Waals surface area contributed by atoms with Gasteiger partial charge in [-0.1, -0.05) is 0 Å². The summed E-state index contributed by atoms with van der Waals surface area (Å²) in [5.74, 6) is 0. The maximum absolute atomic E-state index is 6.50. The summed E-state index contributed by atoms with van der Waals surface area (Å²) in [4.78, 5) is 3.82. The number of rotatable bonds is 0. The van der Waals surface area contributed by atoms with Gasteiger partial charge in [-0.3, -0.25) is 4.98 Å². The van der Waals surface area contributed by atoms with Gasteiger partial charge in [0.15, 0.2) is 0 Å². The Morgan fingerprint density at radius 2 is 2.20 bits per heavy atom. The minimum atomic E-state index is 0.757. The van der Waals surface area contributed by atoms with E-state index in [0.717, 1.165) is 11.3 Å². The summed E-state index contributed by atoms with van der Waals surface area (Å²) in [5, 5.41) is 6.50. The molecule has 0 aliphatic carbocycles. The summed E-state index contributed by atoms with van der Waals surface area (Å²) in [6, 6.07) is 1.88. The van der Waals surface area contributed by atoms with Crippen LogP contribution < -0.4 is 5.73 Å². The molecule has 0 aliphatic heterocycles. The molecule has 0 saturated carbocycles. The lowest BCUT2D eigenvalue weighted by molar-refractivity contribution is 1.29. The van der Waals surface area contributed by atoms with E-state index in [1.54, 1.807) is 12.4 Å². The third-order valence-corrected chi connectivity index (χ3v) is 1.08. The molecule has 0 saturated heterocycles. The molecule has 3 heteroatoms. The van der Waals surface area contributed by atoms with Crippen LogP contribution in [0.25, 0.3) is 0 Å². The Hall–Kier alpha value is -1.56. The summed E-state index contributed by atoms with van der Waals surface area (Å²) in [5.41, 5.74) is 7.30. The molecule has 0 unspecified atom stereocenters. The number of aryl methyl sites for hydroxylation is 1. The van der Waals surface area contributed by atoms with E-state index in [1.807, 2.05) is 13.0 Å². The number of anilines is 1. The molecule has 1 aromatic rings. The number of pyridine rings is 1. The highest BCUT2D eigenvalue weighted by Gasteiger charge is 1.85. The van der Waals surface area contributed by atoms with Crippen molar-refractivity contribution in [1.29, 1.82) is 5.26 Å². The van der Waals surface area contributed by atoms with E-state index in [4.69, 9.17) is 11.0 Å². The Bertz CT molecular complexity index is 196. The lowest BCUT2D eigenvalue weighted by Gasteiger charge is -1.92. The molecule has 0 atom stereocenters. The van der Waals surface area contributed by atoms with Crippen molar-refractivity contribution in [3.63, 3.8) is 0 Å². The van der Waals surface area contributed by atoms with Gasteiger partial charge in [-0.25, -0.2) is 5.26 Å². The van der Waals surface area contributed by atoms with Gasteiger partial charge >= 0.3 is 0 Å². The average molecular weight is 135 g/mol. The Balaban J connectivity index is 0.000000371. The topological polar surface area (TPSA) is 62.7 Å². The number of hydrogen-bond donors (Lipinski definition) is 1. The number of hydrogen-bond acceptors (Lipinski definition) is 3. The average Bonchev–Trinajstić information content (AvgIpc) is 2.00. The van der Waals surface area contributed by atoms with Crippen LogP contribution in [0.3, 0.4) is 0 Å². The van der Waals surface area contributed by atoms with Gasteiger partial charge in [0, 0.05) is 19.0 Å². The minimum absolute atomic E-state index is 0.757. The van der Waals surface area contributed by atoms with Crippen molar-refractivity contribution in [1.82, 2.24) is 4.98 Å². The second-order valence-electron chi connectivity index (χ2n) is 1.73. The van der Waals surface area contributed by atoms with E-state index in [9.17, 15) is 0 Å². The van der Waals surface area contributed by atoms with Crippen molar-refractivity contribution in [3.8, 4) is 6.57 Å². The summed E-state index contributed by atoms with van der Waals surface area (Å²) in [6.07, 6.45) is 3.38. The minimum Gasteiger partial charge on any atom is -0.397 e.